The molecule has 0 atom stereocenters. The number of hydrogen-bond acceptors (Lipinski definition) is 7. The SMILES string of the molecule is COc1ccccc1Nc1sc(C(=O)c2ccc(C)cc2C)c(N)c1S(=O)(=O)c1ccc(C)cc1C. The third kappa shape index (κ3) is 4.62. The molecule has 6 nitrogen and oxygen atoms in total. The van der Waals surface area contributed by atoms with Crippen LogP contribution in [-0.2, 0) is 9.84 Å². The Morgan fingerprint density at radius 1 is 0.917 bits per heavy atom. The van der Waals surface area contributed by atoms with Gasteiger partial charge in [0.05, 0.1) is 23.4 Å². The Balaban J connectivity index is 1.94. The Morgan fingerprint density at radius 2 is 1.56 bits per heavy atom. The predicted molar refractivity (Wildman–Crippen MR) is 146 cm³/mol. The highest BCUT2D eigenvalue weighted by Crippen LogP contribution is 2.45. The van der Waals surface area contributed by atoms with Gasteiger partial charge in [0.25, 0.3) is 0 Å². The number of sulfone groups is 1. The minimum atomic E-state index is -4.07. The van der Waals surface area contributed by atoms with Gasteiger partial charge in [0.2, 0.25) is 15.6 Å². The summed E-state index contributed by atoms with van der Waals surface area (Å²) in [4.78, 5) is 13.8. The summed E-state index contributed by atoms with van der Waals surface area (Å²) in [7, 11) is -2.54. The molecule has 0 spiro atoms. The number of thiophene rings is 1. The van der Waals surface area contributed by atoms with Crippen LogP contribution >= 0.6 is 11.3 Å². The number of anilines is 3. The molecule has 0 bridgehead atoms. The van der Waals surface area contributed by atoms with Crippen LogP contribution in [0.15, 0.2) is 70.5 Å². The van der Waals surface area contributed by atoms with Crippen LogP contribution < -0.4 is 15.8 Å². The molecule has 0 aliphatic heterocycles. The third-order valence-corrected chi connectivity index (χ3v) is 9.22. The number of carbonyl (C=O) groups is 1. The van der Waals surface area contributed by atoms with Crippen molar-refractivity contribution in [2.45, 2.75) is 37.5 Å². The minimum Gasteiger partial charge on any atom is -0.495 e. The van der Waals surface area contributed by atoms with Crippen LogP contribution in [0.25, 0.3) is 0 Å². The lowest BCUT2D eigenvalue weighted by Gasteiger charge is -2.13. The monoisotopic (exact) mass is 520 g/mol. The lowest BCUT2D eigenvalue weighted by atomic mass is 10.0. The van der Waals surface area contributed by atoms with E-state index in [1.807, 2.05) is 51.1 Å². The van der Waals surface area contributed by atoms with Gasteiger partial charge in [-0.3, -0.25) is 4.79 Å². The summed E-state index contributed by atoms with van der Waals surface area (Å²) < 4.78 is 33.4. The summed E-state index contributed by atoms with van der Waals surface area (Å²) in [5.74, 6) is 0.210. The molecule has 0 radical (unpaired) electrons. The van der Waals surface area contributed by atoms with Gasteiger partial charge in [-0.25, -0.2) is 8.42 Å². The van der Waals surface area contributed by atoms with Crippen molar-refractivity contribution in [1.82, 2.24) is 0 Å². The largest absolute Gasteiger partial charge is 0.495 e. The van der Waals surface area contributed by atoms with Gasteiger partial charge in [0, 0.05) is 5.56 Å². The molecule has 0 fully saturated rings. The first-order valence-electron chi connectivity index (χ1n) is 11.3. The smallest absolute Gasteiger partial charge is 0.211 e. The molecule has 0 saturated carbocycles. The fourth-order valence-corrected chi connectivity index (χ4v) is 7.36. The van der Waals surface area contributed by atoms with Crippen LogP contribution in [0.2, 0.25) is 0 Å². The zero-order chi connectivity index (χ0) is 26.2. The van der Waals surface area contributed by atoms with Gasteiger partial charge in [0.1, 0.15) is 20.5 Å². The number of aryl methyl sites for hydroxylation is 4. The lowest BCUT2D eigenvalue weighted by Crippen LogP contribution is -2.10. The van der Waals surface area contributed by atoms with E-state index in [1.165, 1.54) is 7.11 Å². The third-order valence-electron chi connectivity index (χ3n) is 5.98. The summed E-state index contributed by atoms with van der Waals surface area (Å²) in [5, 5.41) is 3.43. The van der Waals surface area contributed by atoms with Gasteiger partial charge in [-0.2, -0.15) is 0 Å². The molecule has 1 heterocycles. The fourth-order valence-electron chi connectivity index (χ4n) is 4.22. The highest BCUT2D eigenvalue weighted by atomic mass is 32.2. The normalized spacial score (nSPS) is 11.4. The van der Waals surface area contributed by atoms with E-state index >= 15 is 0 Å². The van der Waals surface area contributed by atoms with Gasteiger partial charge in [0.15, 0.2) is 0 Å². The summed E-state index contributed by atoms with van der Waals surface area (Å²) in [6, 6.07) is 17.8. The Labute approximate surface area is 215 Å². The van der Waals surface area contributed by atoms with Crippen molar-refractivity contribution in [3.63, 3.8) is 0 Å². The summed E-state index contributed by atoms with van der Waals surface area (Å²) in [6.45, 7) is 7.45. The zero-order valence-electron chi connectivity index (χ0n) is 20.8. The van der Waals surface area contributed by atoms with Crippen molar-refractivity contribution in [3.05, 3.63) is 93.4 Å². The Morgan fingerprint density at radius 3 is 2.19 bits per heavy atom. The number of para-hydroxylation sites is 2. The highest BCUT2D eigenvalue weighted by molar-refractivity contribution is 7.92. The molecule has 3 aromatic carbocycles. The van der Waals surface area contributed by atoms with Gasteiger partial charge >= 0.3 is 0 Å². The molecule has 4 aromatic rings. The average Bonchev–Trinajstić information content (AvgIpc) is 3.15. The first-order chi connectivity index (χ1) is 17.0. The van der Waals surface area contributed by atoms with Crippen molar-refractivity contribution in [2.75, 3.05) is 18.2 Å². The Bertz CT molecular complexity index is 1590. The van der Waals surface area contributed by atoms with Crippen LogP contribution in [0.4, 0.5) is 16.4 Å². The van der Waals surface area contributed by atoms with Crippen LogP contribution in [0.5, 0.6) is 5.75 Å². The van der Waals surface area contributed by atoms with Crippen molar-refractivity contribution >= 4 is 43.3 Å². The summed E-state index contributed by atoms with van der Waals surface area (Å²) in [5.41, 5.74) is 10.8. The van der Waals surface area contributed by atoms with Crippen LogP contribution in [0, 0.1) is 27.7 Å². The molecule has 4 rings (SSSR count). The highest BCUT2D eigenvalue weighted by Gasteiger charge is 2.33. The maximum Gasteiger partial charge on any atom is 0.211 e. The molecule has 0 amide bonds. The molecule has 1 aromatic heterocycles. The minimum absolute atomic E-state index is 0.0673. The van der Waals surface area contributed by atoms with E-state index < -0.39 is 9.84 Å². The van der Waals surface area contributed by atoms with Crippen LogP contribution in [0.1, 0.15) is 37.5 Å². The number of hydrogen-bond donors (Lipinski definition) is 2. The summed E-state index contributed by atoms with van der Waals surface area (Å²) >= 11 is 1.03. The lowest BCUT2D eigenvalue weighted by molar-refractivity contribution is 0.104. The van der Waals surface area contributed by atoms with E-state index in [4.69, 9.17) is 10.5 Å². The number of methoxy groups -OCH3 is 1. The molecule has 0 saturated heterocycles. The second-order valence-electron chi connectivity index (χ2n) is 8.75. The molecular formula is C28H28N2O4S2. The van der Waals surface area contributed by atoms with E-state index in [2.05, 4.69) is 5.32 Å². The van der Waals surface area contributed by atoms with E-state index in [0.717, 1.165) is 28.0 Å². The number of nitrogens with one attached hydrogen (secondary N) is 1. The summed E-state index contributed by atoms with van der Waals surface area (Å²) in [6.07, 6.45) is 0. The van der Waals surface area contributed by atoms with Crippen molar-refractivity contribution in [2.24, 2.45) is 0 Å². The van der Waals surface area contributed by atoms with Crippen LogP contribution in [0.3, 0.4) is 0 Å². The number of carbonyl (C=O) groups excluding carboxylic acids is 1. The Hall–Kier alpha value is -3.62. The van der Waals surface area contributed by atoms with Crippen molar-refractivity contribution in [3.8, 4) is 5.75 Å². The first-order valence-corrected chi connectivity index (χ1v) is 13.6. The number of nitrogen functional groups attached to an aromatic ring is 1. The van der Waals surface area contributed by atoms with Gasteiger partial charge in [-0.1, -0.05) is 53.6 Å². The number of ketones is 1. The maximum atomic E-state index is 14.0. The van der Waals surface area contributed by atoms with Gasteiger partial charge < -0.3 is 15.8 Å². The maximum absolute atomic E-state index is 14.0. The molecule has 3 N–H and O–H groups in total. The van der Waals surface area contributed by atoms with E-state index in [1.54, 1.807) is 37.3 Å². The second kappa shape index (κ2) is 9.79. The number of ether oxygens (including phenoxy) is 1. The molecular weight excluding hydrogens is 492 g/mol. The second-order valence-corrected chi connectivity index (χ2v) is 11.6. The number of nitrogens with two attached hydrogens (primary N) is 1. The number of rotatable bonds is 7. The molecule has 186 valence electrons. The van der Waals surface area contributed by atoms with E-state index in [-0.39, 0.29) is 31.1 Å². The standard InChI is InChI=1S/C28H28N2O4S2/c1-16-10-12-20(18(3)14-16)25(31)26-24(29)27(36(32,33)23-13-11-17(2)15-19(23)4)28(35-26)30-21-8-6-7-9-22(21)34-5/h6-15,30H,29H2,1-5H3. The Kier molecular flexibility index (Phi) is 6.93. The van der Waals surface area contributed by atoms with Crippen LogP contribution in [-0.4, -0.2) is 21.3 Å². The average molecular weight is 521 g/mol. The van der Waals surface area contributed by atoms with Crippen molar-refractivity contribution < 1.29 is 17.9 Å². The molecule has 0 unspecified atom stereocenters. The zero-order valence-corrected chi connectivity index (χ0v) is 22.4. The number of benzene rings is 3. The quantitative estimate of drug-likeness (QED) is 0.274. The van der Waals surface area contributed by atoms with E-state index in [0.29, 0.717) is 22.6 Å². The molecule has 8 heteroatoms. The molecule has 0 aliphatic carbocycles. The van der Waals surface area contributed by atoms with E-state index in [9.17, 15) is 13.2 Å². The predicted octanol–water partition coefficient (Wildman–Crippen LogP) is 6.38. The van der Waals surface area contributed by atoms with Crippen molar-refractivity contribution in [1.29, 1.82) is 0 Å². The van der Waals surface area contributed by atoms with Gasteiger partial charge in [-0.05, 0) is 57.0 Å². The first kappa shape index (κ1) is 25.5. The van der Waals surface area contributed by atoms with Gasteiger partial charge in [-0.15, -0.1) is 11.3 Å². The molecule has 0 aliphatic rings. The fraction of sp³-hybridized carbons (Fsp3) is 0.179. The topological polar surface area (TPSA) is 98.5 Å². The molecule has 36 heavy (non-hydrogen) atoms.